The van der Waals surface area contributed by atoms with Crippen molar-refractivity contribution in [2.75, 3.05) is 4.72 Å². The van der Waals surface area contributed by atoms with E-state index >= 15 is 0 Å². The van der Waals surface area contributed by atoms with E-state index in [4.69, 9.17) is 11.6 Å². The third kappa shape index (κ3) is 4.40. The summed E-state index contributed by atoms with van der Waals surface area (Å²) in [4.78, 5) is 16.9. The third-order valence-corrected chi connectivity index (χ3v) is 5.87. The fourth-order valence-corrected chi connectivity index (χ4v) is 3.93. The lowest BCUT2D eigenvalue weighted by atomic mass is 10.0. The lowest BCUT2D eigenvalue weighted by Crippen LogP contribution is -2.16. The molecule has 0 saturated heterocycles. The molecule has 3 rings (SSSR count). The van der Waals surface area contributed by atoms with Crippen LogP contribution in [0.25, 0.3) is 0 Å². The largest absolute Gasteiger partial charge is 0.288 e. The molecule has 0 aliphatic carbocycles. The Morgan fingerprint density at radius 1 is 1.07 bits per heavy atom. The van der Waals surface area contributed by atoms with Gasteiger partial charge in [0, 0.05) is 28.5 Å². The molecule has 0 spiro atoms. The topological polar surface area (TPSA) is 76.1 Å². The molecule has 0 atom stereocenters. The van der Waals surface area contributed by atoms with Gasteiger partial charge in [-0.1, -0.05) is 37.6 Å². The van der Waals surface area contributed by atoms with Gasteiger partial charge in [-0.3, -0.25) is 14.5 Å². The number of nitrogens with zero attached hydrogens (tertiary/aromatic N) is 1. The average Bonchev–Trinajstić information content (AvgIpc) is 2.69. The molecule has 0 amide bonds. The third-order valence-electron chi connectivity index (χ3n) is 4.25. The summed E-state index contributed by atoms with van der Waals surface area (Å²) >= 11 is 6.04. The lowest BCUT2D eigenvalue weighted by Gasteiger charge is -2.13. The summed E-state index contributed by atoms with van der Waals surface area (Å²) in [7, 11) is -3.87. The second kappa shape index (κ2) is 8.12. The maximum absolute atomic E-state index is 12.8. The molecular formula is C21H19ClN2O3S. The van der Waals surface area contributed by atoms with Crippen molar-refractivity contribution in [1.29, 1.82) is 0 Å². The second-order valence-corrected chi connectivity index (χ2v) is 8.71. The van der Waals surface area contributed by atoms with E-state index in [1.807, 2.05) is 13.8 Å². The van der Waals surface area contributed by atoms with Gasteiger partial charge >= 0.3 is 0 Å². The van der Waals surface area contributed by atoms with Crippen LogP contribution in [0, 0.1) is 0 Å². The first-order chi connectivity index (χ1) is 13.3. The van der Waals surface area contributed by atoms with E-state index in [0.717, 1.165) is 5.56 Å². The van der Waals surface area contributed by atoms with E-state index in [1.165, 1.54) is 24.4 Å². The average molecular weight is 415 g/mol. The molecule has 7 heteroatoms. The number of sulfonamides is 1. The lowest BCUT2D eigenvalue weighted by molar-refractivity contribution is 0.103. The molecule has 5 nitrogen and oxygen atoms in total. The molecule has 0 aliphatic heterocycles. The quantitative estimate of drug-likeness (QED) is 0.582. The molecule has 0 aliphatic rings. The molecule has 0 bridgehead atoms. The number of nitrogens with one attached hydrogen (secondary N) is 1. The number of anilines is 1. The number of aromatic nitrogens is 1. The highest BCUT2D eigenvalue weighted by atomic mass is 35.5. The van der Waals surface area contributed by atoms with Crippen LogP contribution in [0.15, 0.2) is 71.9 Å². The van der Waals surface area contributed by atoms with Crippen LogP contribution in [-0.2, 0) is 10.0 Å². The maximum atomic E-state index is 12.8. The van der Waals surface area contributed by atoms with Crippen molar-refractivity contribution in [2.45, 2.75) is 24.7 Å². The molecule has 0 fully saturated rings. The number of pyridine rings is 1. The van der Waals surface area contributed by atoms with Gasteiger partial charge in [-0.05, 0) is 53.9 Å². The second-order valence-electron chi connectivity index (χ2n) is 6.59. The zero-order valence-corrected chi connectivity index (χ0v) is 17.0. The minimum Gasteiger partial charge on any atom is -0.288 e. The molecule has 28 heavy (non-hydrogen) atoms. The molecule has 0 radical (unpaired) electrons. The number of hydrogen-bond donors (Lipinski definition) is 1. The fourth-order valence-electron chi connectivity index (χ4n) is 2.68. The number of rotatable bonds is 6. The molecular weight excluding hydrogens is 396 g/mol. The minimum atomic E-state index is -3.87. The highest BCUT2D eigenvalue weighted by Gasteiger charge is 2.20. The molecule has 1 heterocycles. The van der Waals surface area contributed by atoms with Gasteiger partial charge in [0.1, 0.15) is 0 Å². The van der Waals surface area contributed by atoms with Crippen LogP contribution in [0.4, 0.5) is 5.69 Å². The number of hydrogen-bond acceptors (Lipinski definition) is 4. The summed E-state index contributed by atoms with van der Waals surface area (Å²) in [5.41, 5.74) is 1.69. The summed E-state index contributed by atoms with van der Waals surface area (Å²) in [5, 5.41) is 0.330. The molecule has 3 aromatic rings. The minimum absolute atomic E-state index is 0.117. The van der Waals surface area contributed by atoms with Crippen molar-refractivity contribution in [2.24, 2.45) is 0 Å². The first kappa shape index (κ1) is 20.0. The molecule has 2 aromatic carbocycles. The van der Waals surface area contributed by atoms with Crippen molar-refractivity contribution in [1.82, 2.24) is 4.98 Å². The Labute approximate surface area is 169 Å². The Morgan fingerprint density at radius 3 is 2.39 bits per heavy atom. The van der Waals surface area contributed by atoms with Gasteiger partial charge in [-0.15, -0.1) is 0 Å². The predicted octanol–water partition coefficient (Wildman–Crippen LogP) is 4.89. The molecule has 0 unspecified atom stereocenters. The van der Waals surface area contributed by atoms with Gasteiger partial charge in [-0.2, -0.15) is 0 Å². The molecule has 0 saturated carbocycles. The Balaban J connectivity index is 1.97. The smallest absolute Gasteiger partial charge is 0.261 e. The van der Waals surface area contributed by atoms with Crippen LogP contribution >= 0.6 is 11.6 Å². The van der Waals surface area contributed by atoms with Crippen molar-refractivity contribution < 1.29 is 13.2 Å². The summed E-state index contributed by atoms with van der Waals surface area (Å²) in [6, 6.07) is 14.4. The van der Waals surface area contributed by atoms with Crippen LogP contribution in [0.1, 0.15) is 41.3 Å². The number of benzene rings is 2. The highest BCUT2D eigenvalue weighted by molar-refractivity contribution is 7.92. The first-order valence-corrected chi connectivity index (χ1v) is 10.5. The Morgan fingerprint density at radius 2 is 1.79 bits per heavy atom. The van der Waals surface area contributed by atoms with Crippen LogP contribution in [0.5, 0.6) is 0 Å². The summed E-state index contributed by atoms with van der Waals surface area (Å²) < 4.78 is 28.1. The number of carbonyl (C=O) groups is 1. The van der Waals surface area contributed by atoms with Crippen molar-refractivity contribution >= 4 is 33.1 Å². The van der Waals surface area contributed by atoms with Crippen LogP contribution in [-0.4, -0.2) is 19.2 Å². The maximum Gasteiger partial charge on any atom is 0.261 e. The number of ketones is 1. The summed E-state index contributed by atoms with van der Waals surface area (Å²) in [6.45, 7) is 4.07. The predicted molar refractivity (Wildman–Crippen MR) is 110 cm³/mol. The first-order valence-electron chi connectivity index (χ1n) is 8.65. The van der Waals surface area contributed by atoms with E-state index in [0.29, 0.717) is 16.5 Å². The Kier molecular flexibility index (Phi) is 5.82. The normalized spacial score (nSPS) is 11.4. The monoisotopic (exact) mass is 414 g/mol. The Hall–Kier alpha value is -2.70. The standard InChI is InChI=1S/C21H19ClN2O3S/c1-14(2)15-5-8-18(9-6-15)28(26,27)24-20-10-7-17(22)12-19(20)21(25)16-4-3-11-23-13-16/h3-14,24H,1-2H3. The van der Waals surface area contributed by atoms with Crippen LogP contribution in [0.2, 0.25) is 5.02 Å². The van der Waals surface area contributed by atoms with E-state index in [9.17, 15) is 13.2 Å². The zero-order chi connectivity index (χ0) is 20.3. The van der Waals surface area contributed by atoms with Crippen molar-refractivity contribution in [3.05, 3.63) is 88.7 Å². The van der Waals surface area contributed by atoms with Crippen molar-refractivity contribution in [3.63, 3.8) is 0 Å². The fraction of sp³-hybridized carbons (Fsp3) is 0.143. The molecule has 1 aromatic heterocycles. The molecule has 1 N–H and O–H groups in total. The van der Waals surface area contributed by atoms with E-state index in [2.05, 4.69) is 9.71 Å². The van der Waals surface area contributed by atoms with E-state index < -0.39 is 10.0 Å². The van der Waals surface area contributed by atoms with Gasteiger partial charge in [0.2, 0.25) is 0 Å². The van der Waals surface area contributed by atoms with Gasteiger partial charge in [-0.25, -0.2) is 8.42 Å². The SMILES string of the molecule is CC(C)c1ccc(S(=O)(=O)Nc2ccc(Cl)cc2C(=O)c2cccnc2)cc1. The highest BCUT2D eigenvalue weighted by Crippen LogP contribution is 2.26. The van der Waals surface area contributed by atoms with Gasteiger partial charge in [0.05, 0.1) is 10.6 Å². The van der Waals surface area contributed by atoms with Crippen molar-refractivity contribution in [3.8, 4) is 0 Å². The summed E-state index contributed by atoms with van der Waals surface area (Å²) in [6.07, 6.45) is 2.98. The number of carbonyl (C=O) groups excluding carboxylic acids is 1. The summed E-state index contributed by atoms with van der Waals surface area (Å²) in [5.74, 6) is -0.0758. The van der Waals surface area contributed by atoms with Gasteiger partial charge in [0.15, 0.2) is 5.78 Å². The Bertz CT molecular complexity index is 1100. The van der Waals surface area contributed by atoms with Gasteiger partial charge in [0.25, 0.3) is 10.0 Å². The van der Waals surface area contributed by atoms with Crippen LogP contribution < -0.4 is 4.72 Å². The zero-order valence-electron chi connectivity index (χ0n) is 15.4. The number of halogens is 1. The van der Waals surface area contributed by atoms with E-state index in [1.54, 1.807) is 42.6 Å². The molecule has 144 valence electrons. The van der Waals surface area contributed by atoms with Gasteiger partial charge < -0.3 is 0 Å². The van der Waals surface area contributed by atoms with Crippen LogP contribution in [0.3, 0.4) is 0 Å². The van der Waals surface area contributed by atoms with E-state index in [-0.39, 0.29) is 21.9 Å².